The lowest BCUT2D eigenvalue weighted by atomic mass is 10.3. The van der Waals surface area contributed by atoms with Crippen molar-refractivity contribution in [3.05, 3.63) is 24.3 Å². The summed E-state index contributed by atoms with van der Waals surface area (Å²) in [4.78, 5) is 4.32. The van der Waals surface area contributed by atoms with Gasteiger partial charge in [0.05, 0.1) is 0 Å². The Morgan fingerprint density at radius 3 is 2.92 bits per heavy atom. The fourth-order valence-corrected chi connectivity index (χ4v) is 1.34. The van der Waals surface area contributed by atoms with Gasteiger partial charge in [0.2, 0.25) is 0 Å². The van der Waals surface area contributed by atoms with E-state index >= 15 is 0 Å². The quantitative estimate of drug-likeness (QED) is 0.759. The first-order valence-corrected chi connectivity index (χ1v) is 4.54. The summed E-state index contributed by atoms with van der Waals surface area (Å²) >= 11 is 0. The zero-order valence-corrected chi connectivity index (χ0v) is 7.16. The first-order valence-electron chi connectivity index (χ1n) is 4.54. The maximum Gasteiger partial charge on any atom is 0.295 e. The van der Waals surface area contributed by atoms with E-state index < -0.39 is 0 Å². The highest BCUT2D eigenvalue weighted by molar-refractivity contribution is 5.74. The van der Waals surface area contributed by atoms with Crippen molar-refractivity contribution in [1.29, 1.82) is 0 Å². The smallest absolute Gasteiger partial charge is 0.295 e. The van der Waals surface area contributed by atoms with E-state index in [4.69, 9.17) is 4.42 Å². The highest BCUT2D eigenvalue weighted by Gasteiger charge is 2.22. The fraction of sp³-hybridized carbons (Fsp3) is 0.300. The van der Waals surface area contributed by atoms with Gasteiger partial charge in [0.15, 0.2) is 5.58 Å². The van der Waals surface area contributed by atoms with Crippen molar-refractivity contribution in [3.63, 3.8) is 0 Å². The van der Waals surface area contributed by atoms with Crippen LogP contribution in [0.1, 0.15) is 12.8 Å². The zero-order valence-electron chi connectivity index (χ0n) is 7.16. The molecule has 3 rings (SSSR count). The monoisotopic (exact) mass is 174 g/mol. The summed E-state index contributed by atoms with van der Waals surface area (Å²) in [6.07, 6.45) is 2.47. The molecule has 3 nitrogen and oxygen atoms in total. The Labute approximate surface area is 75.8 Å². The largest absolute Gasteiger partial charge is 0.424 e. The molecule has 0 spiro atoms. The van der Waals surface area contributed by atoms with E-state index in [-0.39, 0.29) is 0 Å². The molecule has 13 heavy (non-hydrogen) atoms. The van der Waals surface area contributed by atoms with Gasteiger partial charge in [-0.05, 0) is 25.0 Å². The first kappa shape index (κ1) is 6.95. The van der Waals surface area contributed by atoms with Crippen molar-refractivity contribution < 1.29 is 4.42 Å². The third-order valence-electron chi connectivity index (χ3n) is 2.20. The molecule has 1 aliphatic rings. The number of nitrogens with one attached hydrogen (secondary N) is 1. The molecule has 1 aromatic heterocycles. The second-order valence-electron chi connectivity index (χ2n) is 3.41. The van der Waals surface area contributed by atoms with E-state index in [1.807, 2.05) is 24.3 Å². The molecule has 0 aliphatic heterocycles. The van der Waals surface area contributed by atoms with Gasteiger partial charge in [-0.3, -0.25) is 0 Å². The SMILES string of the molecule is c1ccc2oc(NC3CC3)nc2c1. The Balaban J connectivity index is 2.00. The molecule has 1 aliphatic carbocycles. The molecule has 3 heteroatoms. The minimum Gasteiger partial charge on any atom is -0.424 e. The molecule has 1 heterocycles. The van der Waals surface area contributed by atoms with Crippen LogP contribution in [0.4, 0.5) is 6.01 Å². The number of aromatic nitrogens is 1. The molecular formula is C10H10N2O. The molecule has 1 saturated carbocycles. The molecule has 0 atom stereocenters. The number of benzene rings is 1. The number of hydrogen-bond acceptors (Lipinski definition) is 3. The van der Waals surface area contributed by atoms with Crippen LogP contribution >= 0.6 is 0 Å². The molecule has 1 fully saturated rings. The van der Waals surface area contributed by atoms with E-state index in [0.29, 0.717) is 12.1 Å². The number of anilines is 1. The molecule has 1 aromatic carbocycles. The second-order valence-corrected chi connectivity index (χ2v) is 3.41. The summed E-state index contributed by atoms with van der Waals surface area (Å²) in [6.45, 7) is 0. The van der Waals surface area contributed by atoms with Gasteiger partial charge in [-0.25, -0.2) is 0 Å². The molecule has 0 radical (unpaired) electrons. The summed E-state index contributed by atoms with van der Waals surface area (Å²) in [5.74, 6) is 0. The second kappa shape index (κ2) is 2.49. The van der Waals surface area contributed by atoms with Crippen molar-refractivity contribution in [2.24, 2.45) is 0 Å². The van der Waals surface area contributed by atoms with Crippen LogP contribution in [0.15, 0.2) is 28.7 Å². The van der Waals surface area contributed by atoms with Crippen LogP contribution < -0.4 is 5.32 Å². The minimum atomic E-state index is 0.591. The van der Waals surface area contributed by atoms with Gasteiger partial charge in [0.25, 0.3) is 6.01 Å². The Hall–Kier alpha value is -1.51. The normalized spacial score (nSPS) is 16.3. The third kappa shape index (κ3) is 1.26. The van der Waals surface area contributed by atoms with Crippen LogP contribution in [0.2, 0.25) is 0 Å². The molecule has 66 valence electrons. The van der Waals surface area contributed by atoms with Gasteiger partial charge in [-0.2, -0.15) is 4.98 Å². The summed E-state index contributed by atoms with van der Waals surface area (Å²) in [5, 5.41) is 3.23. The topological polar surface area (TPSA) is 38.1 Å². The first-order chi connectivity index (χ1) is 6.42. The molecule has 0 amide bonds. The zero-order chi connectivity index (χ0) is 8.67. The van der Waals surface area contributed by atoms with Crippen molar-refractivity contribution >= 4 is 17.1 Å². The maximum atomic E-state index is 5.50. The van der Waals surface area contributed by atoms with E-state index in [9.17, 15) is 0 Å². The van der Waals surface area contributed by atoms with E-state index in [1.165, 1.54) is 12.8 Å². The van der Waals surface area contributed by atoms with Crippen molar-refractivity contribution in [2.45, 2.75) is 18.9 Å². The number of hydrogen-bond donors (Lipinski definition) is 1. The van der Waals surface area contributed by atoms with Crippen LogP contribution in [0.5, 0.6) is 0 Å². The molecular weight excluding hydrogens is 164 g/mol. The Morgan fingerprint density at radius 2 is 2.15 bits per heavy atom. The van der Waals surface area contributed by atoms with E-state index in [1.54, 1.807) is 0 Å². The number of oxazole rings is 1. The maximum absolute atomic E-state index is 5.50. The van der Waals surface area contributed by atoms with Gasteiger partial charge in [-0.1, -0.05) is 12.1 Å². The van der Waals surface area contributed by atoms with Crippen LogP contribution in [-0.2, 0) is 0 Å². The predicted molar refractivity (Wildman–Crippen MR) is 50.7 cm³/mol. The fourth-order valence-electron chi connectivity index (χ4n) is 1.34. The number of rotatable bonds is 2. The van der Waals surface area contributed by atoms with Gasteiger partial charge < -0.3 is 9.73 Å². The van der Waals surface area contributed by atoms with Crippen LogP contribution in [0.3, 0.4) is 0 Å². The lowest BCUT2D eigenvalue weighted by Gasteiger charge is -1.93. The van der Waals surface area contributed by atoms with Crippen molar-refractivity contribution in [2.75, 3.05) is 5.32 Å². The highest BCUT2D eigenvalue weighted by Crippen LogP contribution is 2.26. The number of para-hydroxylation sites is 2. The van der Waals surface area contributed by atoms with Crippen LogP contribution in [0.25, 0.3) is 11.1 Å². The van der Waals surface area contributed by atoms with Crippen molar-refractivity contribution in [1.82, 2.24) is 4.98 Å². The minimum absolute atomic E-state index is 0.591. The highest BCUT2D eigenvalue weighted by atomic mass is 16.4. The van der Waals surface area contributed by atoms with Crippen LogP contribution in [-0.4, -0.2) is 11.0 Å². The number of fused-ring (bicyclic) bond motifs is 1. The summed E-state index contributed by atoms with van der Waals surface area (Å²) in [5.41, 5.74) is 1.77. The van der Waals surface area contributed by atoms with Gasteiger partial charge in [0, 0.05) is 6.04 Å². The summed E-state index contributed by atoms with van der Waals surface area (Å²) in [7, 11) is 0. The Bertz CT molecular complexity index is 398. The molecule has 0 bridgehead atoms. The molecule has 1 N–H and O–H groups in total. The van der Waals surface area contributed by atoms with Gasteiger partial charge in [-0.15, -0.1) is 0 Å². The third-order valence-corrected chi connectivity index (χ3v) is 2.20. The predicted octanol–water partition coefficient (Wildman–Crippen LogP) is 2.40. The van der Waals surface area contributed by atoms with Crippen molar-refractivity contribution in [3.8, 4) is 0 Å². The lowest BCUT2D eigenvalue weighted by Crippen LogP contribution is -1.99. The summed E-state index contributed by atoms with van der Waals surface area (Å²) in [6, 6.07) is 9.05. The Morgan fingerprint density at radius 1 is 1.31 bits per heavy atom. The molecule has 0 unspecified atom stereocenters. The summed E-state index contributed by atoms with van der Waals surface area (Å²) < 4.78 is 5.50. The van der Waals surface area contributed by atoms with Gasteiger partial charge >= 0.3 is 0 Å². The Kier molecular flexibility index (Phi) is 1.33. The standard InChI is InChI=1S/C10H10N2O/c1-2-4-9-8(3-1)12-10(13-9)11-7-5-6-7/h1-4,7H,5-6H2,(H,11,12). The van der Waals surface area contributed by atoms with E-state index in [2.05, 4.69) is 10.3 Å². The van der Waals surface area contributed by atoms with Gasteiger partial charge in [0.1, 0.15) is 5.52 Å². The van der Waals surface area contributed by atoms with Crippen LogP contribution in [0, 0.1) is 0 Å². The average molecular weight is 174 g/mol. The molecule has 0 saturated heterocycles. The number of nitrogens with zero attached hydrogens (tertiary/aromatic N) is 1. The molecule has 2 aromatic rings. The van der Waals surface area contributed by atoms with E-state index in [0.717, 1.165) is 11.1 Å². The average Bonchev–Trinajstić information content (AvgIpc) is 2.85. The lowest BCUT2D eigenvalue weighted by molar-refractivity contribution is 0.614.